The van der Waals surface area contributed by atoms with Crippen LogP contribution >= 0.6 is 0 Å². The van der Waals surface area contributed by atoms with E-state index in [0.717, 1.165) is 0 Å². The number of rotatable bonds is 2. The number of hydrogen-bond acceptors (Lipinski definition) is 2. The average molecular weight is 100 g/mol. The maximum absolute atomic E-state index is 8.44. The fourth-order valence-corrected chi connectivity index (χ4v) is 0.194. The molecule has 0 aliphatic rings. The molecular weight excluding hydrogens is 92.1 g/mol. The van der Waals surface area contributed by atoms with Crippen LogP contribution in [0.4, 0.5) is 0 Å². The third-order valence-electron chi connectivity index (χ3n) is 0.553. The Morgan fingerprint density at radius 2 is 2.29 bits per heavy atom. The van der Waals surface area contributed by atoms with Crippen molar-refractivity contribution in [1.29, 1.82) is 0 Å². The molecule has 0 bridgehead atoms. The van der Waals surface area contributed by atoms with E-state index in [0.29, 0.717) is 0 Å². The Morgan fingerprint density at radius 1 is 1.71 bits per heavy atom. The highest BCUT2D eigenvalue weighted by molar-refractivity contribution is 4.84. The van der Waals surface area contributed by atoms with E-state index in [1.165, 1.54) is 0 Å². The van der Waals surface area contributed by atoms with Gasteiger partial charge in [-0.3, -0.25) is 0 Å². The van der Waals surface area contributed by atoms with Crippen molar-refractivity contribution < 1.29 is 10.2 Å². The third-order valence-corrected chi connectivity index (χ3v) is 0.553. The van der Waals surface area contributed by atoms with Gasteiger partial charge in [0.2, 0.25) is 0 Å². The van der Waals surface area contributed by atoms with Crippen LogP contribution in [-0.2, 0) is 0 Å². The number of hydrogen-bond donors (Lipinski definition) is 2. The zero-order valence-corrected chi connectivity index (χ0v) is 4.02. The Balaban J connectivity index is 3.37. The zero-order chi connectivity index (χ0) is 5.70. The van der Waals surface area contributed by atoms with Crippen molar-refractivity contribution >= 4 is 0 Å². The Labute approximate surface area is 42.4 Å². The second-order valence-electron chi connectivity index (χ2n) is 1.10. The summed E-state index contributed by atoms with van der Waals surface area (Å²) >= 11 is 0. The highest BCUT2D eigenvalue weighted by atomic mass is 16.3. The molecule has 7 heavy (non-hydrogen) atoms. The topological polar surface area (TPSA) is 40.5 Å². The van der Waals surface area contributed by atoms with E-state index in [2.05, 4.69) is 12.3 Å². The van der Waals surface area contributed by atoms with E-state index >= 15 is 0 Å². The van der Waals surface area contributed by atoms with E-state index in [4.69, 9.17) is 10.2 Å². The smallest absolute Gasteiger partial charge is 0.136 e. The molecule has 0 saturated heterocycles. The van der Waals surface area contributed by atoms with Gasteiger partial charge in [0, 0.05) is 6.42 Å². The van der Waals surface area contributed by atoms with Gasteiger partial charge in [0.05, 0.1) is 6.61 Å². The first kappa shape index (κ1) is 6.28. The van der Waals surface area contributed by atoms with Crippen molar-refractivity contribution in [2.75, 3.05) is 6.61 Å². The predicted molar refractivity (Wildman–Crippen MR) is 27.0 cm³/mol. The van der Waals surface area contributed by atoms with Crippen LogP contribution in [0.3, 0.4) is 0 Å². The lowest BCUT2D eigenvalue weighted by Gasteiger charge is -1.86. The second kappa shape index (κ2) is 3.47. The quantitative estimate of drug-likeness (QED) is 0.394. The predicted octanol–water partition coefficient (Wildman–Crippen LogP) is 0.596. The molecule has 0 amide bonds. The maximum atomic E-state index is 8.44. The summed E-state index contributed by atoms with van der Waals surface area (Å²) in [6.45, 7) is 3.11. The first-order valence-electron chi connectivity index (χ1n) is 2.00. The van der Waals surface area contributed by atoms with Crippen LogP contribution in [0.5, 0.6) is 0 Å². The minimum atomic E-state index is -0.0473. The van der Waals surface area contributed by atoms with Crippen LogP contribution in [0.25, 0.3) is 0 Å². The summed E-state index contributed by atoms with van der Waals surface area (Å²) in [6.07, 6.45) is 0.253. The Morgan fingerprint density at radius 3 is 2.43 bits per heavy atom. The molecule has 0 unspecified atom stereocenters. The SMILES string of the molecule is C=C=C(O)CCO. The fourth-order valence-electron chi connectivity index (χ4n) is 0.194. The maximum Gasteiger partial charge on any atom is 0.136 e. The van der Waals surface area contributed by atoms with Crippen molar-refractivity contribution in [2.45, 2.75) is 6.42 Å². The average Bonchev–Trinajstić information content (AvgIpc) is 1.68. The largest absolute Gasteiger partial charge is 0.505 e. The molecule has 0 saturated carbocycles. The fraction of sp³-hybridized carbons (Fsp3) is 0.400. The van der Waals surface area contributed by atoms with Gasteiger partial charge in [0.1, 0.15) is 5.76 Å². The first-order valence-corrected chi connectivity index (χ1v) is 2.00. The summed E-state index contributed by atoms with van der Waals surface area (Å²) in [7, 11) is 0. The molecule has 2 nitrogen and oxygen atoms in total. The Bertz CT molecular complexity index is 90.3. The van der Waals surface area contributed by atoms with Crippen LogP contribution in [0.15, 0.2) is 18.1 Å². The highest BCUT2D eigenvalue weighted by Gasteiger charge is 1.83. The Hall–Kier alpha value is -0.720. The van der Waals surface area contributed by atoms with Crippen molar-refractivity contribution in [1.82, 2.24) is 0 Å². The van der Waals surface area contributed by atoms with E-state index in [1.807, 2.05) is 0 Å². The summed E-state index contributed by atoms with van der Waals surface area (Å²) in [5, 5.41) is 16.6. The minimum absolute atomic E-state index is 0.0162. The van der Waals surface area contributed by atoms with Gasteiger partial charge in [-0.1, -0.05) is 12.3 Å². The van der Waals surface area contributed by atoms with Crippen molar-refractivity contribution in [3.05, 3.63) is 18.1 Å². The summed E-state index contributed by atoms with van der Waals surface area (Å²) in [6, 6.07) is 0. The van der Waals surface area contributed by atoms with E-state index in [9.17, 15) is 0 Å². The van der Waals surface area contributed by atoms with Gasteiger partial charge < -0.3 is 10.2 Å². The molecular formula is C5H8O2. The molecule has 0 atom stereocenters. The van der Waals surface area contributed by atoms with Gasteiger partial charge in [-0.05, 0) is 0 Å². The van der Waals surface area contributed by atoms with Gasteiger partial charge in [0.25, 0.3) is 0 Å². The zero-order valence-electron chi connectivity index (χ0n) is 4.02. The summed E-state index contributed by atoms with van der Waals surface area (Å²) < 4.78 is 0. The molecule has 0 rings (SSSR count). The van der Waals surface area contributed by atoms with Crippen LogP contribution in [-0.4, -0.2) is 16.8 Å². The molecule has 0 fully saturated rings. The molecule has 40 valence electrons. The summed E-state index contributed by atoms with van der Waals surface area (Å²) in [5.74, 6) is 0.0162. The van der Waals surface area contributed by atoms with Crippen LogP contribution in [0.2, 0.25) is 0 Å². The van der Waals surface area contributed by atoms with Gasteiger partial charge >= 0.3 is 0 Å². The third kappa shape index (κ3) is 3.10. The summed E-state index contributed by atoms with van der Waals surface area (Å²) in [5.41, 5.74) is 2.23. The molecule has 0 aromatic heterocycles. The molecule has 0 aromatic carbocycles. The standard InChI is InChI=1S/C5H8O2/c1-2-5(7)3-4-6/h6-7H,1,3-4H2. The first-order chi connectivity index (χ1) is 3.31. The number of aliphatic hydroxyl groups is 2. The summed E-state index contributed by atoms with van der Waals surface area (Å²) in [4.78, 5) is 0. The molecule has 0 aromatic rings. The molecule has 2 N–H and O–H groups in total. The molecule has 0 aliphatic carbocycles. The van der Waals surface area contributed by atoms with Crippen molar-refractivity contribution in [3.63, 3.8) is 0 Å². The lowest BCUT2D eigenvalue weighted by Crippen LogP contribution is -1.83. The van der Waals surface area contributed by atoms with Crippen LogP contribution < -0.4 is 0 Å². The monoisotopic (exact) mass is 100 g/mol. The van der Waals surface area contributed by atoms with Crippen LogP contribution in [0, 0.1) is 0 Å². The van der Waals surface area contributed by atoms with Crippen molar-refractivity contribution in [3.8, 4) is 0 Å². The lowest BCUT2D eigenvalue weighted by molar-refractivity contribution is 0.269. The second-order valence-corrected chi connectivity index (χ2v) is 1.10. The van der Waals surface area contributed by atoms with Crippen molar-refractivity contribution in [2.24, 2.45) is 0 Å². The van der Waals surface area contributed by atoms with Gasteiger partial charge in [-0.2, -0.15) is 0 Å². The molecule has 0 heterocycles. The molecule has 0 aliphatic heterocycles. The highest BCUT2D eigenvalue weighted by Crippen LogP contribution is 1.87. The minimum Gasteiger partial charge on any atom is -0.505 e. The normalized spacial score (nSPS) is 7.57. The molecule has 0 radical (unpaired) electrons. The van der Waals surface area contributed by atoms with E-state index in [1.54, 1.807) is 0 Å². The van der Waals surface area contributed by atoms with Gasteiger partial charge in [0.15, 0.2) is 0 Å². The van der Waals surface area contributed by atoms with Gasteiger partial charge in [-0.15, -0.1) is 0 Å². The van der Waals surface area contributed by atoms with E-state index in [-0.39, 0.29) is 18.8 Å². The number of aliphatic hydroxyl groups excluding tert-OH is 2. The molecule has 2 heteroatoms. The lowest BCUT2D eigenvalue weighted by atomic mass is 10.4. The Kier molecular flexibility index (Phi) is 3.11. The van der Waals surface area contributed by atoms with Gasteiger partial charge in [-0.25, -0.2) is 0 Å². The molecule has 0 spiro atoms. The van der Waals surface area contributed by atoms with E-state index < -0.39 is 0 Å². The van der Waals surface area contributed by atoms with Crippen LogP contribution in [0.1, 0.15) is 6.42 Å².